The van der Waals surface area contributed by atoms with Crippen LogP contribution in [-0.2, 0) is 13.5 Å². The minimum Gasteiger partial charge on any atom is -0.272 e. The smallest absolute Gasteiger partial charge is 0.0628 e. The van der Waals surface area contributed by atoms with Crippen LogP contribution in [0.25, 0.3) is 0 Å². The van der Waals surface area contributed by atoms with Gasteiger partial charge >= 0.3 is 0 Å². The van der Waals surface area contributed by atoms with E-state index in [1.807, 2.05) is 11.7 Å². The Balaban J connectivity index is 2.57. The quantitative estimate of drug-likeness (QED) is 0.578. The molecule has 3 N–H and O–H groups in total. The van der Waals surface area contributed by atoms with Crippen molar-refractivity contribution < 1.29 is 0 Å². The van der Waals surface area contributed by atoms with Crippen LogP contribution in [0, 0.1) is 19.8 Å². The summed E-state index contributed by atoms with van der Waals surface area (Å²) in [6, 6.07) is 0.352. The summed E-state index contributed by atoms with van der Waals surface area (Å²) in [6.07, 6.45) is 4.59. The zero-order valence-electron chi connectivity index (χ0n) is 12.5. The van der Waals surface area contributed by atoms with Gasteiger partial charge in [-0.2, -0.15) is 5.10 Å². The van der Waals surface area contributed by atoms with Crippen molar-refractivity contribution in [3.63, 3.8) is 0 Å². The molecule has 1 aromatic heterocycles. The maximum atomic E-state index is 5.67. The predicted octanol–water partition coefficient (Wildman–Crippen LogP) is 2.24. The number of hydrazine groups is 1. The van der Waals surface area contributed by atoms with Gasteiger partial charge in [0.15, 0.2) is 0 Å². The third-order valence-corrected chi connectivity index (χ3v) is 3.68. The molecule has 0 spiro atoms. The van der Waals surface area contributed by atoms with Crippen LogP contribution < -0.4 is 11.3 Å². The molecule has 1 unspecified atom stereocenters. The van der Waals surface area contributed by atoms with Crippen molar-refractivity contribution >= 4 is 0 Å². The van der Waals surface area contributed by atoms with E-state index in [0.717, 1.165) is 24.5 Å². The number of hydrogen-bond donors (Lipinski definition) is 2. The Labute approximate surface area is 111 Å². The lowest BCUT2D eigenvalue weighted by molar-refractivity contribution is 0.440. The molecule has 0 aliphatic rings. The summed E-state index contributed by atoms with van der Waals surface area (Å²) < 4.78 is 1.95. The van der Waals surface area contributed by atoms with Crippen molar-refractivity contribution in [1.29, 1.82) is 0 Å². The van der Waals surface area contributed by atoms with Crippen LogP contribution >= 0.6 is 0 Å². The maximum absolute atomic E-state index is 5.67. The summed E-state index contributed by atoms with van der Waals surface area (Å²) in [4.78, 5) is 0. The molecular weight excluding hydrogens is 224 g/mol. The molecule has 0 saturated heterocycles. The fourth-order valence-corrected chi connectivity index (χ4v) is 2.38. The van der Waals surface area contributed by atoms with Crippen molar-refractivity contribution in [2.75, 3.05) is 0 Å². The average molecular weight is 252 g/mol. The molecule has 1 aromatic rings. The summed E-state index contributed by atoms with van der Waals surface area (Å²) in [5.74, 6) is 6.44. The minimum atomic E-state index is 0.352. The number of nitrogens with one attached hydrogen (secondary N) is 1. The second-order valence-corrected chi connectivity index (χ2v) is 5.67. The third-order valence-electron chi connectivity index (χ3n) is 3.68. The summed E-state index contributed by atoms with van der Waals surface area (Å²) in [6.45, 7) is 8.72. The fourth-order valence-electron chi connectivity index (χ4n) is 2.38. The normalized spacial score (nSPS) is 13.3. The van der Waals surface area contributed by atoms with E-state index in [2.05, 4.69) is 38.2 Å². The highest BCUT2D eigenvalue weighted by molar-refractivity contribution is 5.25. The first-order valence-electron chi connectivity index (χ1n) is 6.90. The highest BCUT2D eigenvalue weighted by atomic mass is 15.3. The van der Waals surface area contributed by atoms with Gasteiger partial charge in [-0.25, -0.2) is 0 Å². The van der Waals surface area contributed by atoms with Crippen LogP contribution in [0.2, 0.25) is 0 Å². The van der Waals surface area contributed by atoms with Gasteiger partial charge in [0.2, 0.25) is 0 Å². The van der Waals surface area contributed by atoms with Crippen molar-refractivity contribution in [1.82, 2.24) is 15.2 Å². The highest BCUT2D eigenvalue weighted by Crippen LogP contribution is 2.17. The molecule has 0 amide bonds. The Bertz CT molecular complexity index is 368. The first kappa shape index (κ1) is 15.2. The van der Waals surface area contributed by atoms with Crippen LogP contribution in [0.3, 0.4) is 0 Å². The van der Waals surface area contributed by atoms with E-state index in [1.54, 1.807) is 0 Å². The average Bonchev–Trinajstić information content (AvgIpc) is 2.53. The van der Waals surface area contributed by atoms with Gasteiger partial charge in [0.05, 0.1) is 5.69 Å². The molecule has 0 aliphatic carbocycles. The molecule has 4 nitrogen and oxygen atoms in total. The molecule has 18 heavy (non-hydrogen) atoms. The molecule has 1 heterocycles. The number of aromatic nitrogens is 2. The van der Waals surface area contributed by atoms with Crippen LogP contribution in [-0.4, -0.2) is 15.8 Å². The van der Waals surface area contributed by atoms with Crippen molar-refractivity contribution in [3.8, 4) is 0 Å². The van der Waals surface area contributed by atoms with Crippen LogP contribution in [0.5, 0.6) is 0 Å². The summed E-state index contributed by atoms with van der Waals surface area (Å²) in [5, 5.41) is 4.45. The van der Waals surface area contributed by atoms with Gasteiger partial charge in [-0.05, 0) is 38.2 Å². The lowest BCUT2D eigenvalue weighted by atomic mass is 9.98. The Morgan fingerprint density at radius 3 is 2.39 bits per heavy atom. The maximum Gasteiger partial charge on any atom is 0.0628 e. The Morgan fingerprint density at radius 1 is 1.28 bits per heavy atom. The van der Waals surface area contributed by atoms with Gasteiger partial charge in [0.25, 0.3) is 0 Å². The Hall–Kier alpha value is -0.870. The number of nitrogens with two attached hydrogens (primary N) is 1. The van der Waals surface area contributed by atoms with Crippen LogP contribution in [0.1, 0.15) is 50.1 Å². The lowest BCUT2D eigenvalue weighted by Crippen LogP contribution is -2.37. The monoisotopic (exact) mass is 252 g/mol. The van der Waals surface area contributed by atoms with Gasteiger partial charge in [0, 0.05) is 18.8 Å². The van der Waals surface area contributed by atoms with Crippen molar-refractivity contribution in [2.24, 2.45) is 18.8 Å². The summed E-state index contributed by atoms with van der Waals surface area (Å²) in [5.41, 5.74) is 6.66. The van der Waals surface area contributed by atoms with Gasteiger partial charge in [-0.3, -0.25) is 16.0 Å². The van der Waals surface area contributed by atoms with Crippen molar-refractivity contribution in [2.45, 2.75) is 59.4 Å². The van der Waals surface area contributed by atoms with Crippen molar-refractivity contribution in [3.05, 3.63) is 17.0 Å². The van der Waals surface area contributed by atoms with Gasteiger partial charge < -0.3 is 0 Å². The van der Waals surface area contributed by atoms with Gasteiger partial charge in [-0.1, -0.05) is 26.7 Å². The number of nitrogens with zero attached hydrogens (tertiary/aromatic N) is 2. The van der Waals surface area contributed by atoms with E-state index in [0.29, 0.717) is 6.04 Å². The molecule has 0 aromatic carbocycles. The topological polar surface area (TPSA) is 55.9 Å². The molecule has 4 heteroatoms. The molecular formula is C14H28N4. The standard InChI is InChI=1S/C14H28N4/c1-10(2)7-6-8-13(16-15)9-14-11(3)17-18(5)12(14)4/h10,13,16H,6-9,15H2,1-5H3. The van der Waals surface area contributed by atoms with E-state index < -0.39 is 0 Å². The predicted molar refractivity (Wildman–Crippen MR) is 76.2 cm³/mol. The minimum absolute atomic E-state index is 0.352. The summed E-state index contributed by atoms with van der Waals surface area (Å²) >= 11 is 0. The number of aryl methyl sites for hydroxylation is 2. The van der Waals surface area contributed by atoms with Gasteiger partial charge in [-0.15, -0.1) is 0 Å². The molecule has 0 radical (unpaired) electrons. The fraction of sp³-hybridized carbons (Fsp3) is 0.786. The molecule has 0 aliphatic heterocycles. The Kier molecular flexibility index (Phi) is 5.82. The SMILES string of the molecule is Cc1nn(C)c(C)c1CC(CCCC(C)C)NN. The van der Waals surface area contributed by atoms with E-state index in [9.17, 15) is 0 Å². The first-order chi connectivity index (χ1) is 8.45. The molecule has 1 atom stereocenters. The van der Waals surface area contributed by atoms with Crippen LogP contribution in [0.15, 0.2) is 0 Å². The second-order valence-electron chi connectivity index (χ2n) is 5.67. The van der Waals surface area contributed by atoms with E-state index in [-0.39, 0.29) is 0 Å². The van der Waals surface area contributed by atoms with Gasteiger partial charge in [0.1, 0.15) is 0 Å². The number of rotatable bonds is 7. The third kappa shape index (κ3) is 4.10. The highest BCUT2D eigenvalue weighted by Gasteiger charge is 2.15. The molecule has 0 saturated carbocycles. The van der Waals surface area contributed by atoms with E-state index in [4.69, 9.17) is 5.84 Å². The zero-order chi connectivity index (χ0) is 13.7. The molecule has 0 bridgehead atoms. The first-order valence-corrected chi connectivity index (χ1v) is 6.90. The van der Waals surface area contributed by atoms with E-state index in [1.165, 1.54) is 24.1 Å². The lowest BCUT2D eigenvalue weighted by Gasteiger charge is -2.16. The zero-order valence-corrected chi connectivity index (χ0v) is 12.5. The molecule has 1 rings (SSSR count). The molecule has 0 fully saturated rings. The summed E-state index contributed by atoms with van der Waals surface area (Å²) in [7, 11) is 2.00. The number of hydrogen-bond acceptors (Lipinski definition) is 3. The Morgan fingerprint density at radius 2 is 1.94 bits per heavy atom. The largest absolute Gasteiger partial charge is 0.272 e. The van der Waals surface area contributed by atoms with Crippen LogP contribution in [0.4, 0.5) is 0 Å². The molecule has 104 valence electrons. The van der Waals surface area contributed by atoms with E-state index >= 15 is 0 Å². The second kappa shape index (κ2) is 6.90.